The van der Waals surface area contributed by atoms with Gasteiger partial charge in [-0.1, -0.05) is 40.2 Å². The summed E-state index contributed by atoms with van der Waals surface area (Å²) in [6.07, 6.45) is 2.82. The third-order valence-electron chi connectivity index (χ3n) is 4.51. The molecule has 0 N–H and O–H groups in total. The van der Waals surface area contributed by atoms with Crippen LogP contribution in [0, 0.1) is 0 Å². The molecule has 0 saturated heterocycles. The first kappa shape index (κ1) is 18.1. The normalized spacial score (nSPS) is 14.5. The molecule has 2 aromatic carbocycles. The zero-order valence-electron chi connectivity index (χ0n) is 14.6. The number of halogens is 1. The number of carbonyl (C=O) groups excluding carboxylic acids is 2. The number of hydrogen-bond donors (Lipinski definition) is 0. The van der Waals surface area contributed by atoms with E-state index in [0.717, 1.165) is 4.47 Å². The average molecular weight is 436 g/mol. The van der Waals surface area contributed by atoms with Crippen molar-refractivity contribution >= 4 is 49.9 Å². The van der Waals surface area contributed by atoms with Crippen LogP contribution in [-0.4, -0.2) is 18.2 Å². The van der Waals surface area contributed by atoms with E-state index < -0.39 is 11.4 Å². The molecule has 138 valence electrons. The summed E-state index contributed by atoms with van der Waals surface area (Å²) in [4.78, 5) is 39.5. The minimum absolute atomic E-state index is 0.113. The van der Waals surface area contributed by atoms with Gasteiger partial charge in [-0.15, -0.1) is 6.58 Å². The number of benzene rings is 2. The molecule has 6 heteroatoms. The summed E-state index contributed by atoms with van der Waals surface area (Å²) in [5.74, 6) is -0.888. The molecule has 0 bridgehead atoms. The van der Waals surface area contributed by atoms with E-state index in [2.05, 4.69) is 22.5 Å². The molecule has 4 rings (SSSR count). The maximum Gasteiger partial charge on any atom is 0.347 e. The smallest absolute Gasteiger partial charge is 0.347 e. The van der Waals surface area contributed by atoms with Gasteiger partial charge < -0.3 is 9.32 Å². The number of ketones is 1. The number of carbonyl (C=O) groups is 2. The maximum atomic E-state index is 12.9. The van der Waals surface area contributed by atoms with Gasteiger partial charge in [0.25, 0.3) is 5.91 Å². The summed E-state index contributed by atoms with van der Waals surface area (Å²) in [6, 6.07) is 13.8. The Labute approximate surface area is 168 Å². The molecule has 0 fully saturated rings. The van der Waals surface area contributed by atoms with Crippen molar-refractivity contribution in [1.29, 1.82) is 0 Å². The molecule has 3 aromatic rings. The van der Waals surface area contributed by atoms with Crippen molar-refractivity contribution in [2.45, 2.75) is 0 Å². The molecule has 1 aliphatic heterocycles. The van der Waals surface area contributed by atoms with E-state index >= 15 is 0 Å². The zero-order chi connectivity index (χ0) is 19.8. The Balaban J connectivity index is 1.83. The number of para-hydroxylation sites is 1. The third-order valence-corrected chi connectivity index (χ3v) is 5.00. The summed E-state index contributed by atoms with van der Waals surface area (Å²) in [7, 11) is 0. The van der Waals surface area contributed by atoms with Gasteiger partial charge in [0.1, 0.15) is 11.1 Å². The lowest BCUT2D eigenvalue weighted by atomic mass is 10.0. The maximum absolute atomic E-state index is 12.9. The highest BCUT2D eigenvalue weighted by molar-refractivity contribution is 9.10. The summed E-state index contributed by atoms with van der Waals surface area (Å²) >= 11 is 3.39. The second-order valence-corrected chi connectivity index (χ2v) is 7.19. The Morgan fingerprint density at radius 2 is 1.93 bits per heavy atom. The predicted octanol–water partition coefficient (Wildman–Crippen LogP) is 4.35. The molecule has 28 heavy (non-hydrogen) atoms. The molecule has 2 heterocycles. The fraction of sp³-hybridized carbons (Fsp3) is 0.0455. The molecule has 1 aliphatic rings. The molecule has 0 unspecified atom stereocenters. The Morgan fingerprint density at radius 1 is 1.14 bits per heavy atom. The van der Waals surface area contributed by atoms with E-state index in [1.54, 1.807) is 42.5 Å². The zero-order valence-corrected chi connectivity index (χ0v) is 16.2. The Hall–Kier alpha value is -3.25. The van der Waals surface area contributed by atoms with Crippen LogP contribution in [0.5, 0.6) is 0 Å². The molecular formula is C22H14BrNO4. The summed E-state index contributed by atoms with van der Waals surface area (Å²) in [5.41, 5.74) is 1.11. The second kappa shape index (κ2) is 7.05. The molecule has 0 aliphatic carbocycles. The Bertz CT molecular complexity index is 1240. The van der Waals surface area contributed by atoms with E-state index in [4.69, 9.17) is 4.42 Å². The molecule has 0 spiro atoms. The first-order valence-electron chi connectivity index (χ1n) is 8.51. The first-order chi connectivity index (χ1) is 13.5. The number of allylic oxidation sites excluding steroid dienone is 1. The standard InChI is InChI=1S/C22H14BrNO4/c1-2-9-24-18-8-7-14(23)11-15(18)16(21(24)26)12-19(25)17-10-13-5-3-4-6-20(13)28-22(17)27/h2-8,10-12H,1,9H2/b16-12-. The Morgan fingerprint density at radius 3 is 2.71 bits per heavy atom. The van der Waals surface area contributed by atoms with Crippen LogP contribution in [0.3, 0.4) is 0 Å². The molecular weight excluding hydrogens is 422 g/mol. The number of nitrogens with zero attached hydrogens (tertiary/aromatic N) is 1. The van der Waals surface area contributed by atoms with Crippen LogP contribution in [0.2, 0.25) is 0 Å². The third kappa shape index (κ3) is 3.01. The van der Waals surface area contributed by atoms with E-state index in [9.17, 15) is 14.4 Å². The highest BCUT2D eigenvalue weighted by Gasteiger charge is 2.32. The van der Waals surface area contributed by atoms with Crippen LogP contribution in [0.15, 0.2) is 80.9 Å². The molecule has 0 atom stereocenters. The van der Waals surface area contributed by atoms with E-state index in [0.29, 0.717) is 28.8 Å². The fourth-order valence-corrected chi connectivity index (χ4v) is 3.58. The van der Waals surface area contributed by atoms with Gasteiger partial charge in [-0.05, 0) is 36.4 Å². The van der Waals surface area contributed by atoms with E-state index in [1.165, 1.54) is 17.0 Å². The van der Waals surface area contributed by atoms with Gasteiger partial charge in [0.05, 0.1) is 11.3 Å². The van der Waals surface area contributed by atoms with Crippen LogP contribution in [-0.2, 0) is 4.79 Å². The van der Waals surface area contributed by atoms with Gasteiger partial charge in [0, 0.05) is 22.0 Å². The summed E-state index contributed by atoms with van der Waals surface area (Å²) in [5, 5.41) is 0.637. The van der Waals surface area contributed by atoms with Crippen molar-refractivity contribution in [3.63, 3.8) is 0 Å². The topological polar surface area (TPSA) is 67.6 Å². The number of rotatable bonds is 4. The van der Waals surface area contributed by atoms with Crippen molar-refractivity contribution < 1.29 is 14.0 Å². The number of fused-ring (bicyclic) bond motifs is 2. The van der Waals surface area contributed by atoms with Gasteiger partial charge in [0.15, 0.2) is 5.78 Å². The number of anilines is 1. The number of hydrogen-bond acceptors (Lipinski definition) is 4. The average Bonchev–Trinajstić information content (AvgIpc) is 2.93. The lowest BCUT2D eigenvalue weighted by molar-refractivity contribution is -0.112. The minimum Gasteiger partial charge on any atom is -0.422 e. The van der Waals surface area contributed by atoms with E-state index in [1.807, 2.05) is 6.07 Å². The SMILES string of the molecule is C=CCN1C(=O)/C(=C\C(=O)c2cc3ccccc3oc2=O)c2cc(Br)ccc21. The highest BCUT2D eigenvalue weighted by Crippen LogP contribution is 2.38. The van der Waals surface area contributed by atoms with Crippen LogP contribution in [0.1, 0.15) is 15.9 Å². The quantitative estimate of drug-likeness (QED) is 0.264. The minimum atomic E-state index is -0.733. The molecule has 5 nitrogen and oxygen atoms in total. The van der Waals surface area contributed by atoms with Crippen molar-refractivity contribution in [2.75, 3.05) is 11.4 Å². The van der Waals surface area contributed by atoms with Gasteiger partial charge in [-0.25, -0.2) is 4.79 Å². The first-order valence-corrected chi connectivity index (χ1v) is 9.30. The molecule has 1 amide bonds. The van der Waals surface area contributed by atoms with Crippen LogP contribution >= 0.6 is 15.9 Å². The van der Waals surface area contributed by atoms with Gasteiger partial charge >= 0.3 is 5.63 Å². The summed E-state index contributed by atoms with van der Waals surface area (Å²) in [6.45, 7) is 4.00. The van der Waals surface area contributed by atoms with Crippen molar-refractivity contribution in [1.82, 2.24) is 0 Å². The lowest BCUT2D eigenvalue weighted by Crippen LogP contribution is -2.26. The van der Waals surface area contributed by atoms with Crippen molar-refractivity contribution in [3.8, 4) is 0 Å². The monoisotopic (exact) mass is 435 g/mol. The van der Waals surface area contributed by atoms with Crippen LogP contribution in [0.4, 0.5) is 5.69 Å². The lowest BCUT2D eigenvalue weighted by Gasteiger charge is -2.14. The van der Waals surface area contributed by atoms with Gasteiger partial charge in [0.2, 0.25) is 0 Å². The fourth-order valence-electron chi connectivity index (χ4n) is 3.22. The van der Waals surface area contributed by atoms with Gasteiger partial charge in [-0.3, -0.25) is 9.59 Å². The van der Waals surface area contributed by atoms with Gasteiger partial charge in [-0.2, -0.15) is 0 Å². The van der Waals surface area contributed by atoms with Crippen LogP contribution < -0.4 is 10.5 Å². The second-order valence-electron chi connectivity index (χ2n) is 6.27. The van der Waals surface area contributed by atoms with Crippen molar-refractivity contribution in [2.24, 2.45) is 0 Å². The summed E-state index contributed by atoms with van der Waals surface area (Å²) < 4.78 is 6.01. The molecule has 0 radical (unpaired) electrons. The Kier molecular flexibility index (Phi) is 4.57. The highest BCUT2D eigenvalue weighted by atomic mass is 79.9. The van der Waals surface area contributed by atoms with Crippen molar-refractivity contribution in [3.05, 3.63) is 93.3 Å². The number of amides is 1. The molecule has 0 saturated carbocycles. The predicted molar refractivity (Wildman–Crippen MR) is 111 cm³/mol. The van der Waals surface area contributed by atoms with E-state index in [-0.39, 0.29) is 17.0 Å². The molecule has 1 aromatic heterocycles. The van der Waals surface area contributed by atoms with Crippen LogP contribution in [0.25, 0.3) is 16.5 Å². The largest absolute Gasteiger partial charge is 0.422 e.